The van der Waals surface area contributed by atoms with Gasteiger partial charge in [-0.15, -0.1) is 0 Å². The van der Waals surface area contributed by atoms with Gasteiger partial charge in [0.1, 0.15) is 6.07 Å². The normalized spacial score (nSPS) is 10.3. The number of hydrogen-bond donors (Lipinski definition) is 1. The maximum atomic E-state index is 13.9. The van der Waals surface area contributed by atoms with Gasteiger partial charge in [0.25, 0.3) is 0 Å². The number of nitriles is 1. The van der Waals surface area contributed by atoms with Crippen LogP contribution in [0.4, 0.5) is 20.2 Å². The molecule has 0 atom stereocenters. The van der Waals surface area contributed by atoms with E-state index in [-0.39, 0.29) is 11.3 Å². The van der Waals surface area contributed by atoms with Crippen LogP contribution in [-0.4, -0.2) is 4.98 Å². The number of halogens is 2. The van der Waals surface area contributed by atoms with Crippen molar-refractivity contribution in [1.29, 1.82) is 5.26 Å². The van der Waals surface area contributed by atoms with Crippen molar-refractivity contribution < 1.29 is 8.78 Å². The van der Waals surface area contributed by atoms with Gasteiger partial charge < -0.3 is 5.32 Å². The highest BCUT2D eigenvalue weighted by Gasteiger charge is 2.14. The van der Waals surface area contributed by atoms with Crippen molar-refractivity contribution in [2.45, 2.75) is 0 Å². The van der Waals surface area contributed by atoms with E-state index in [4.69, 9.17) is 5.26 Å². The third-order valence-electron chi connectivity index (χ3n) is 3.10. The molecular formula is C16H9F2N3. The summed E-state index contributed by atoms with van der Waals surface area (Å²) in [4.78, 5) is 4.23. The van der Waals surface area contributed by atoms with Gasteiger partial charge in [0.2, 0.25) is 0 Å². The van der Waals surface area contributed by atoms with Crippen LogP contribution in [0.1, 0.15) is 5.56 Å². The maximum Gasteiger partial charge on any atom is 0.183 e. The van der Waals surface area contributed by atoms with Gasteiger partial charge in [-0.05, 0) is 24.3 Å². The third kappa shape index (κ3) is 2.28. The first-order valence-electron chi connectivity index (χ1n) is 6.19. The molecule has 0 fully saturated rings. The second-order valence-corrected chi connectivity index (χ2v) is 4.41. The molecule has 1 heterocycles. The van der Waals surface area contributed by atoms with Gasteiger partial charge >= 0.3 is 0 Å². The molecule has 1 aromatic heterocycles. The zero-order valence-corrected chi connectivity index (χ0v) is 10.8. The van der Waals surface area contributed by atoms with Crippen LogP contribution < -0.4 is 5.32 Å². The molecular weight excluding hydrogens is 272 g/mol. The van der Waals surface area contributed by atoms with Gasteiger partial charge in [-0.25, -0.2) is 8.78 Å². The number of fused-ring (bicyclic) bond motifs is 1. The molecule has 0 radical (unpaired) electrons. The summed E-state index contributed by atoms with van der Waals surface area (Å²) in [5, 5.41) is 12.4. The van der Waals surface area contributed by atoms with Crippen LogP contribution in [0.3, 0.4) is 0 Å². The van der Waals surface area contributed by atoms with Crippen LogP contribution in [-0.2, 0) is 0 Å². The minimum atomic E-state index is -1.16. The first-order valence-corrected chi connectivity index (χ1v) is 6.19. The Kier molecular flexibility index (Phi) is 3.20. The van der Waals surface area contributed by atoms with Crippen LogP contribution >= 0.6 is 0 Å². The van der Waals surface area contributed by atoms with Crippen molar-refractivity contribution >= 4 is 22.3 Å². The number of rotatable bonds is 2. The lowest BCUT2D eigenvalue weighted by Gasteiger charge is -2.10. The number of anilines is 2. The molecule has 0 amide bonds. The average molecular weight is 281 g/mol. The van der Waals surface area contributed by atoms with Crippen LogP contribution in [0.2, 0.25) is 0 Å². The molecule has 21 heavy (non-hydrogen) atoms. The Morgan fingerprint density at radius 3 is 2.57 bits per heavy atom. The molecule has 5 heteroatoms. The Morgan fingerprint density at radius 1 is 0.952 bits per heavy atom. The number of nitrogens with zero attached hydrogens (tertiary/aromatic N) is 2. The topological polar surface area (TPSA) is 48.7 Å². The van der Waals surface area contributed by atoms with Crippen LogP contribution in [0.25, 0.3) is 10.9 Å². The third-order valence-corrected chi connectivity index (χ3v) is 3.10. The summed E-state index contributed by atoms with van der Waals surface area (Å²) in [5.41, 5.74) is 0.860. The Balaban J connectivity index is 2.08. The molecule has 2 aromatic carbocycles. The van der Waals surface area contributed by atoms with Crippen molar-refractivity contribution in [1.82, 2.24) is 4.98 Å². The van der Waals surface area contributed by atoms with E-state index in [0.29, 0.717) is 11.2 Å². The fraction of sp³-hybridized carbons (Fsp3) is 0. The number of aromatic nitrogens is 1. The average Bonchev–Trinajstić information content (AvgIpc) is 2.52. The maximum absolute atomic E-state index is 13.9. The largest absolute Gasteiger partial charge is 0.351 e. The number of nitrogens with one attached hydrogen (secondary N) is 1. The summed E-state index contributed by atoms with van der Waals surface area (Å²) < 4.78 is 27.6. The molecule has 3 nitrogen and oxygen atoms in total. The van der Waals surface area contributed by atoms with Crippen LogP contribution in [0.15, 0.2) is 48.7 Å². The summed E-state index contributed by atoms with van der Waals surface area (Å²) >= 11 is 0. The van der Waals surface area contributed by atoms with Crippen molar-refractivity contribution in [3.63, 3.8) is 0 Å². The molecule has 0 aliphatic rings. The smallest absolute Gasteiger partial charge is 0.183 e. The second-order valence-electron chi connectivity index (χ2n) is 4.41. The summed E-state index contributed by atoms with van der Waals surface area (Å²) in [5.74, 6) is -2.24. The Bertz CT molecular complexity index is 864. The SMILES string of the molecule is N#Cc1ccc(Nc2cccc3cccnc23)c(F)c1F. The summed E-state index contributed by atoms with van der Waals surface area (Å²) in [6.45, 7) is 0. The number of benzene rings is 2. The molecule has 0 bridgehead atoms. The first kappa shape index (κ1) is 13.0. The molecule has 0 saturated carbocycles. The minimum absolute atomic E-state index is 0.0374. The lowest BCUT2D eigenvalue weighted by molar-refractivity contribution is 0.509. The lowest BCUT2D eigenvalue weighted by Crippen LogP contribution is -1.99. The molecule has 102 valence electrons. The van der Waals surface area contributed by atoms with E-state index in [2.05, 4.69) is 10.3 Å². The second kappa shape index (κ2) is 5.17. The fourth-order valence-electron chi connectivity index (χ4n) is 2.08. The molecule has 0 aliphatic carbocycles. The molecule has 0 unspecified atom stereocenters. The highest BCUT2D eigenvalue weighted by molar-refractivity contribution is 5.91. The molecule has 1 N–H and O–H groups in total. The summed E-state index contributed by atoms with van der Waals surface area (Å²) in [6.07, 6.45) is 1.63. The number of para-hydroxylation sites is 1. The highest BCUT2D eigenvalue weighted by atomic mass is 19.2. The van der Waals surface area contributed by atoms with Gasteiger partial charge in [-0.3, -0.25) is 4.98 Å². The molecule has 3 aromatic rings. The quantitative estimate of drug-likeness (QED) is 0.768. The Hall–Kier alpha value is -3.00. The van der Waals surface area contributed by atoms with E-state index in [1.54, 1.807) is 30.5 Å². The van der Waals surface area contributed by atoms with Gasteiger partial charge in [-0.1, -0.05) is 18.2 Å². The Morgan fingerprint density at radius 2 is 1.76 bits per heavy atom. The van der Waals surface area contributed by atoms with Crippen molar-refractivity contribution in [3.8, 4) is 6.07 Å². The van der Waals surface area contributed by atoms with Crippen molar-refractivity contribution in [2.24, 2.45) is 0 Å². The van der Waals surface area contributed by atoms with Crippen LogP contribution in [0, 0.1) is 23.0 Å². The zero-order valence-electron chi connectivity index (χ0n) is 10.8. The van der Waals surface area contributed by atoms with Gasteiger partial charge in [0, 0.05) is 11.6 Å². The predicted molar refractivity (Wildman–Crippen MR) is 76.1 cm³/mol. The summed E-state index contributed by atoms with van der Waals surface area (Å²) in [7, 11) is 0. The standard InChI is InChI=1S/C16H9F2N3/c17-14-11(9-19)6-7-12(15(14)18)21-13-5-1-3-10-4-2-8-20-16(10)13/h1-8,21H. The molecule has 0 spiro atoms. The molecule has 0 saturated heterocycles. The van der Waals surface area contributed by atoms with Gasteiger partial charge in [0.15, 0.2) is 11.6 Å². The van der Waals surface area contributed by atoms with E-state index in [1.165, 1.54) is 12.1 Å². The van der Waals surface area contributed by atoms with E-state index >= 15 is 0 Å². The lowest BCUT2D eigenvalue weighted by atomic mass is 10.1. The summed E-state index contributed by atoms with van der Waals surface area (Å²) in [6, 6.07) is 13.2. The molecule has 0 aliphatic heterocycles. The van der Waals surface area contributed by atoms with Gasteiger partial charge in [0.05, 0.1) is 22.5 Å². The zero-order chi connectivity index (χ0) is 14.8. The molecule has 3 rings (SSSR count). The van der Waals surface area contributed by atoms with E-state index in [9.17, 15) is 8.78 Å². The first-order chi connectivity index (χ1) is 10.2. The fourth-order valence-corrected chi connectivity index (χ4v) is 2.08. The van der Waals surface area contributed by atoms with Crippen molar-refractivity contribution in [2.75, 3.05) is 5.32 Å². The predicted octanol–water partition coefficient (Wildman–Crippen LogP) is 4.13. The van der Waals surface area contributed by atoms with E-state index in [0.717, 1.165) is 5.39 Å². The van der Waals surface area contributed by atoms with Crippen LogP contribution in [0.5, 0.6) is 0 Å². The van der Waals surface area contributed by atoms with E-state index < -0.39 is 11.6 Å². The van der Waals surface area contributed by atoms with Crippen molar-refractivity contribution in [3.05, 3.63) is 65.9 Å². The van der Waals surface area contributed by atoms with Gasteiger partial charge in [-0.2, -0.15) is 5.26 Å². The Labute approximate surface area is 119 Å². The van der Waals surface area contributed by atoms with E-state index in [1.807, 2.05) is 12.1 Å². The number of hydrogen-bond acceptors (Lipinski definition) is 3. The number of pyridine rings is 1. The highest BCUT2D eigenvalue weighted by Crippen LogP contribution is 2.27. The minimum Gasteiger partial charge on any atom is -0.351 e. The monoisotopic (exact) mass is 281 g/mol.